The van der Waals surface area contributed by atoms with Gasteiger partial charge in [-0.3, -0.25) is 4.90 Å². The number of anilines is 1. The number of nitrogen functional groups attached to an aromatic ring is 1. The molecule has 5 nitrogen and oxygen atoms in total. The van der Waals surface area contributed by atoms with Crippen LogP contribution in [0.1, 0.15) is 38.1 Å². The van der Waals surface area contributed by atoms with E-state index >= 15 is 0 Å². The second kappa shape index (κ2) is 7.88. The minimum atomic E-state index is -0.455. The third-order valence-corrected chi connectivity index (χ3v) is 3.41. The third-order valence-electron chi connectivity index (χ3n) is 3.41. The molecule has 21 heavy (non-hydrogen) atoms. The molecule has 5 heteroatoms. The van der Waals surface area contributed by atoms with Crippen molar-refractivity contribution in [2.75, 3.05) is 26.0 Å². The molecular weight excluding hydrogens is 268 g/mol. The van der Waals surface area contributed by atoms with Crippen LogP contribution in [0.15, 0.2) is 18.2 Å². The maximum absolute atomic E-state index is 11.6. The molecule has 1 rings (SSSR count). The van der Waals surface area contributed by atoms with E-state index in [4.69, 9.17) is 15.2 Å². The van der Waals surface area contributed by atoms with Crippen LogP contribution in [-0.2, 0) is 4.74 Å². The summed E-state index contributed by atoms with van der Waals surface area (Å²) in [5, 5.41) is 0. The van der Waals surface area contributed by atoms with Gasteiger partial charge in [-0.1, -0.05) is 6.07 Å². The van der Waals surface area contributed by atoms with Gasteiger partial charge in [0.1, 0.15) is 12.4 Å². The molecule has 118 valence electrons. The molecule has 0 atom stereocenters. The van der Waals surface area contributed by atoms with E-state index in [9.17, 15) is 4.79 Å². The van der Waals surface area contributed by atoms with Crippen molar-refractivity contribution < 1.29 is 14.3 Å². The molecular formula is C16H26N2O3. The molecule has 0 aliphatic heterocycles. The van der Waals surface area contributed by atoms with Gasteiger partial charge in [-0.15, -0.1) is 0 Å². The van der Waals surface area contributed by atoms with Crippen LogP contribution >= 0.6 is 0 Å². The highest BCUT2D eigenvalue weighted by Gasteiger charge is 2.15. The van der Waals surface area contributed by atoms with Gasteiger partial charge in [-0.25, -0.2) is 4.79 Å². The molecule has 0 fully saturated rings. The number of para-hydroxylation sites is 1. The predicted molar refractivity (Wildman–Crippen MR) is 84.7 cm³/mol. The van der Waals surface area contributed by atoms with Gasteiger partial charge in [0.2, 0.25) is 0 Å². The first-order valence-corrected chi connectivity index (χ1v) is 7.23. The molecule has 0 aromatic heterocycles. The molecule has 2 N–H and O–H groups in total. The lowest BCUT2D eigenvalue weighted by atomic mass is 10.1. The smallest absolute Gasteiger partial charge is 0.340 e. The van der Waals surface area contributed by atoms with Gasteiger partial charge in [-0.05, 0) is 39.8 Å². The molecule has 0 saturated heterocycles. The van der Waals surface area contributed by atoms with E-state index in [-0.39, 0.29) is 0 Å². The number of carbonyl (C=O) groups excluding carboxylic acids is 1. The minimum absolute atomic E-state index is 0.324. The number of esters is 1. The number of carbonyl (C=O) groups is 1. The summed E-state index contributed by atoms with van der Waals surface area (Å²) in [5.41, 5.74) is 6.61. The molecule has 0 aliphatic carbocycles. The van der Waals surface area contributed by atoms with Gasteiger partial charge >= 0.3 is 5.97 Å². The number of hydrogen-bond donors (Lipinski definition) is 1. The Balaban J connectivity index is 2.70. The van der Waals surface area contributed by atoms with E-state index in [0.29, 0.717) is 35.7 Å². The molecule has 0 radical (unpaired) electrons. The van der Waals surface area contributed by atoms with Gasteiger partial charge in [-0.2, -0.15) is 0 Å². The second-order valence-corrected chi connectivity index (χ2v) is 5.48. The quantitative estimate of drug-likeness (QED) is 0.618. The topological polar surface area (TPSA) is 64.8 Å². The molecule has 1 aromatic rings. The third kappa shape index (κ3) is 4.63. The maximum Gasteiger partial charge on any atom is 0.340 e. The summed E-state index contributed by atoms with van der Waals surface area (Å²) in [5.74, 6) is 0.0642. The Hall–Kier alpha value is -1.75. The van der Waals surface area contributed by atoms with Gasteiger partial charge in [0.05, 0.1) is 18.4 Å². The molecule has 0 heterocycles. The minimum Gasteiger partial charge on any atom is -0.490 e. The molecule has 1 aromatic carbocycles. The Morgan fingerprint density at radius 3 is 2.38 bits per heavy atom. The molecule has 0 saturated carbocycles. The Morgan fingerprint density at radius 2 is 1.86 bits per heavy atom. The summed E-state index contributed by atoms with van der Waals surface area (Å²) < 4.78 is 10.4. The van der Waals surface area contributed by atoms with Crippen molar-refractivity contribution in [2.24, 2.45) is 0 Å². The fourth-order valence-corrected chi connectivity index (χ4v) is 2.33. The largest absolute Gasteiger partial charge is 0.490 e. The van der Waals surface area contributed by atoms with E-state index < -0.39 is 5.97 Å². The molecule has 0 aliphatic rings. The number of ether oxygens (including phenoxy) is 2. The summed E-state index contributed by atoms with van der Waals surface area (Å²) in [6.07, 6.45) is 0. The van der Waals surface area contributed by atoms with Crippen molar-refractivity contribution in [3.63, 3.8) is 0 Å². The highest BCUT2D eigenvalue weighted by atomic mass is 16.5. The van der Waals surface area contributed by atoms with Gasteiger partial charge < -0.3 is 15.2 Å². The summed E-state index contributed by atoms with van der Waals surface area (Å²) >= 11 is 0. The fraction of sp³-hybridized carbons (Fsp3) is 0.562. The van der Waals surface area contributed by atoms with Crippen LogP contribution in [0, 0.1) is 0 Å². The molecule has 0 unspecified atom stereocenters. The zero-order valence-electron chi connectivity index (χ0n) is 13.6. The van der Waals surface area contributed by atoms with Crippen molar-refractivity contribution in [1.82, 2.24) is 4.90 Å². The van der Waals surface area contributed by atoms with Crippen LogP contribution in [0.5, 0.6) is 5.75 Å². The highest BCUT2D eigenvalue weighted by molar-refractivity contribution is 5.96. The van der Waals surface area contributed by atoms with Crippen LogP contribution in [0.4, 0.5) is 5.69 Å². The van der Waals surface area contributed by atoms with Crippen LogP contribution in [0.3, 0.4) is 0 Å². The lowest BCUT2D eigenvalue weighted by Crippen LogP contribution is -2.39. The Labute approximate surface area is 127 Å². The summed E-state index contributed by atoms with van der Waals surface area (Å²) in [6.45, 7) is 9.96. The summed E-state index contributed by atoms with van der Waals surface area (Å²) in [6, 6.07) is 6.03. The van der Waals surface area contributed by atoms with Crippen LogP contribution < -0.4 is 10.5 Å². The highest BCUT2D eigenvalue weighted by Crippen LogP contribution is 2.25. The average molecular weight is 294 g/mol. The van der Waals surface area contributed by atoms with Crippen molar-refractivity contribution in [2.45, 2.75) is 39.8 Å². The van der Waals surface area contributed by atoms with Crippen molar-refractivity contribution in [3.05, 3.63) is 23.8 Å². The number of nitrogens with zero attached hydrogens (tertiary/aromatic N) is 1. The van der Waals surface area contributed by atoms with Crippen LogP contribution in [0.25, 0.3) is 0 Å². The van der Waals surface area contributed by atoms with E-state index in [1.54, 1.807) is 18.2 Å². The Kier molecular flexibility index (Phi) is 6.49. The molecule has 0 spiro atoms. The van der Waals surface area contributed by atoms with Crippen molar-refractivity contribution >= 4 is 11.7 Å². The SMILES string of the molecule is COC(=O)c1cccc(OCCN(C(C)C)C(C)C)c1N. The van der Waals surface area contributed by atoms with E-state index in [0.717, 1.165) is 6.54 Å². The number of nitrogens with two attached hydrogens (primary N) is 1. The standard InChI is InChI=1S/C16H26N2O3/c1-11(2)18(12(3)4)9-10-21-14-8-6-7-13(15(14)17)16(19)20-5/h6-8,11-12H,9-10,17H2,1-5H3. The summed E-state index contributed by atoms with van der Waals surface area (Å²) in [4.78, 5) is 13.9. The zero-order valence-corrected chi connectivity index (χ0v) is 13.6. The Morgan fingerprint density at radius 1 is 1.24 bits per heavy atom. The first-order valence-electron chi connectivity index (χ1n) is 7.23. The monoisotopic (exact) mass is 294 g/mol. The average Bonchev–Trinajstić information content (AvgIpc) is 2.43. The van der Waals surface area contributed by atoms with Crippen molar-refractivity contribution in [1.29, 1.82) is 0 Å². The van der Waals surface area contributed by atoms with Gasteiger partial charge in [0.25, 0.3) is 0 Å². The van der Waals surface area contributed by atoms with E-state index in [1.165, 1.54) is 7.11 Å². The number of benzene rings is 1. The van der Waals surface area contributed by atoms with Gasteiger partial charge in [0, 0.05) is 18.6 Å². The van der Waals surface area contributed by atoms with Crippen LogP contribution in [-0.4, -0.2) is 43.2 Å². The normalized spacial score (nSPS) is 11.2. The maximum atomic E-state index is 11.6. The van der Waals surface area contributed by atoms with E-state index in [2.05, 4.69) is 32.6 Å². The fourth-order valence-electron chi connectivity index (χ4n) is 2.33. The van der Waals surface area contributed by atoms with E-state index in [1.807, 2.05) is 0 Å². The first kappa shape index (κ1) is 17.3. The predicted octanol–water partition coefficient (Wildman–Crippen LogP) is 2.55. The molecule has 0 bridgehead atoms. The summed E-state index contributed by atoms with van der Waals surface area (Å²) in [7, 11) is 1.33. The van der Waals surface area contributed by atoms with Gasteiger partial charge in [0.15, 0.2) is 0 Å². The second-order valence-electron chi connectivity index (χ2n) is 5.48. The zero-order chi connectivity index (χ0) is 16.0. The Bertz CT molecular complexity index is 465. The first-order chi connectivity index (χ1) is 9.88. The number of rotatable bonds is 7. The molecule has 0 amide bonds. The lowest BCUT2D eigenvalue weighted by molar-refractivity contribution is 0.0601. The lowest BCUT2D eigenvalue weighted by Gasteiger charge is -2.30. The van der Waals surface area contributed by atoms with Crippen molar-refractivity contribution in [3.8, 4) is 5.75 Å². The number of methoxy groups -OCH3 is 1. The van der Waals surface area contributed by atoms with Crippen LogP contribution in [0.2, 0.25) is 0 Å². The number of hydrogen-bond acceptors (Lipinski definition) is 5.